The summed E-state index contributed by atoms with van der Waals surface area (Å²) in [4.78, 5) is 11.7. The summed E-state index contributed by atoms with van der Waals surface area (Å²) < 4.78 is 16.5. The first kappa shape index (κ1) is 14.2. The van der Waals surface area contributed by atoms with Crippen LogP contribution in [0.5, 0.6) is 5.75 Å². The Labute approximate surface area is 125 Å². The molecule has 114 valence electrons. The lowest BCUT2D eigenvalue weighted by Gasteiger charge is -2.11. The third-order valence-corrected chi connectivity index (χ3v) is 2.91. The first-order valence-electron chi connectivity index (χ1n) is 6.70. The lowest BCUT2D eigenvalue weighted by Crippen LogP contribution is -2.29. The summed E-state index contributed by atoms with van der Waals surface area (Å²) in [6.45, 7) is 0.00920. The molecule has 0 aliphatic heterocycles. The molecule has 0 aliphatic rings. The van der Waals surface area contributed by atoms with Crippen molar-refractivity contribution in [1.82, 2.24) is 9.78 Å². The smallest absolute Gasteiger partial charge is 0.437 e. The van der Waals surface area contributed by atoms with E-state index in [1.807, 2.05) is 18.2 Å². The van der Waals surface area contributed by atoms with Crippen molar-refractivity contribution >= 4 is 0 Å². The van der Waals surface area contributed by atoms with Crippen molar-refractivity contribution in [2.45, 2.75) is 12.6 Å². The SMILES string of the molecule is O=c1oc(-c2ccco2)nn1C[C@H](O)COc1ccccc1. The molecule has 1 atom stereocenters. The molecule has 7 heteroatoms. The van der Waals surface area contributed by atoms with Gasteiger partial charge in [0, 0.05) is 0 Å². The maximum Gasteiger partial charge on any atom is 0.437 e. The van der Waals surface area contributed by atoms with E-state index in [0.717, 1.165) is 4.68 Å². The minimum atomic E-state index is -0.896. The molecule has 0 spiro atoms. The van der Waals surface area contributed by atoms with E-state index in [1.54, 1.807) is 24.3 Å². The average Bonchev–Trinajstić information content (AvgIpc) is 3.17. The molecule has 2 heterocycles. The van der Waals surface area contributed by atoms with E-state index < -0.39 is 11.9 Å². The van der Waals surface area contributed by atoms with E-state index in [2.05, 4.69) is 5.10 Å². The van der Waals surface area contributed by atoms with Gasteiger partial charge in [-0.2, -0.15) is 4.68 Å². The molecule has 7 nitrogen and oxygen atoms in total. The van der Waals surface area contributed by atoms with Gasteiger partial charge < -0.3 is 18.7 Å². The zero-order chi connectivity index (χ0) is 15.4. The molecule has 0 saturated heterocycles. The minimum absolute atomic E-state index is 0.0319. The Morgan fingerprint density at radius 2 is 2.05 bits per heavy atom. The van der Waals surface area contributed by atoms with E-state index in [0.29, 0.717) is 11.5 Å². The Balaban J connectivity index is 1.62. The van der Waals surface area contributed by atoms with Gasteiger partial charge in [-0.1, -0.05) is 18.2 Å². The topological polar surface area (TPSA) is 90.6 Å². The van der Waals surface area contributed by atoms with Gasteiger partial charge >= 0.3 is 5.76 Å². The number of aliphatic hydroxyl groups excluding tert-OH is 1. The van der Waals surface area contributed by atoms with Crippen LogP contribution < -0.4 is 10.5 Å². The Morgan fingerprint density at radius 1 is 1.23 bits per heavy atom. The second-order valence-electron chi connectivity index (χ2n) is 4.61. The van der Waals surface area contributed by atoms with E-state index in [1.165, 1.54) is 6.26 Å². The molecule has 0 unspecified atom stereocenters. The average molecular weight is 302 g/mol. The molecule has 1 aromatic carbocycles. The van der Waals surface area contributed by atoms with Gasteiger partial charge in [0.2, 0.25) is 0 Å². The number of hydrogen-bond acceptors (Lipinski definition) is 6. The normalized spacial score (nSPS) is 12.2. The highest BCUT2D eigenvalue weighted by Gasteiger charge is 2.15. The van der Waals surface area contributed by atoms with E-state index in [-0.39, 0.29) is 19.0 Å². The summed E-state index contributed by atoms with van der Waals surface area (Å²) in [5, 5.41) is 13.9. The second kappa shape index (κ2) is 6.31. The fourth-order valence-electron chi connectivity index (χ4n) is 1.88. The maximum atomic E-state index is 11.7. The van der Waals surface area contributed by atoms with Gasteiger partial charge in [0.1, 0.15) is 18.5 Å². The van der Waals surface area contributed by atoms with Gasteiger partial charge in [0.05, 0.1) is 12.8 Å². The van der Waals surface area contributed by atoms with Crippen molar-refractivity contribution in [2.75, 3.05) is 6.61 Å². The largest absolute Gasteiger partial charge is 0.491 e. The van der Waals surface area contributed by atoms with Crippen molar-refractivity contribution in [2.24, 2.45) is 0 Å². The van der Waals surface area contributed by atoms with Gasteiger partial charge in [0.25, 0.3) is 5.89 Å². The number of rotatable bonds is 6. The molecule has 2 aromatic heterocycles. The molecular weight excluding hydrogens is 288 g/mol. The van der Waals surface area contributed by atoms with Crippen molar-refractivity contribution in [3.05, 3.63) is 59.3 Å². The van der Waals surface area contributed by atoms with Crippen LogP contribution in [-0.2, 0) is 6.54 Å². The van der Waals surface area contributed by atoms with Gasteiger partial charge in [-0.15, -0.1) is 5.10 Å². The zero-order valence-electron chi connectivity index (χ0n) is 11.6. The number of para-hydroxylation sites is 1. The summed E-state index contributed by atoms with van der Waals surface area (Å²) >= 11 is 0. The summed E-state index contributed by atoms with van der Waals surface area (Å²) in [7, 11) is 0. The number of ether oxygens (including phenoxy) is 1. The fraction of sp³-hybridized carbons (Fsp3) is 0.200. The standard InChI is InChI=1S/C15H14N2O5/c18-11(10-21-12-5-2-1-3-6-12)9-17-15(19)22-14(16-17)13-7-4-8-20-13/h1-8,11,18H,9-10H2/t11-/m0/s1. The third-order valence-electron chi connectivity index (χ3n) is 2.91. The quantitative estimate of drug-likeness (QED) is 0.742. The number of aliphatic hydroxyl groups is 1. The highest BCUT2D eigenvalue weighted by molar-refractivity contribution is 5.42. The van der Waals surface area contributed by atoms with Crippen LogP contribution >= 0.6 is 0 Å². The molecule has 0 saturated carbocycles. The van der Waals surface area contributed by atoms with E-state index in [9.17, 15) is 9.90 Å². The van der Waals surface area contributed by atoms with E-state index >= 15 is 0 Å². The highest BCUT2D eigenvalue weighted by Crippen LogP contribution is 2.15. The number of benzene rings is 1. The first-order valence-corrected chi connectivity index (χ1v) is 6.70. The monoisotopic (exact) mass is 302 g/mol. The van der Waals surface area contributed by atoms with Crippen LogP contribution in [0.25, 0.3) is 11.7 Å². The molecule has 0 amide bonds. The molecule has 0 bridgehead atoms. The van der Waals surface area contributed by atoms with Gasteiger partial charge in [0.15, 0.2) is 5.76 Å². The van der Waals surface area contributed by atoms with Crippen LogP contribution in [0.1, 0.15) is 0 Å². The van der Waals surface area contributed by atoms with Crippen LogP contribution in [0.3, 0.4) is 0 Å². The number of aromatic nitrogens is 2. The molecule has 3 rings (SSSR count). The Kier molecular flexibility index (Phi) is 4.06. The number of nitrogens with zero attached hydrogens (tertiary/aromatic N) is 2. The number of furan rings is 1. The first-order chi connectivity index (χ1) is 10.7. The van der Waals surface area contributed by atoms with Crippen molar-refractivity contribution in [3.63, 3.8) is 0 Å². The molecule has 0 radical (unpaired) electrons. The van der Waals surface area contributed by atoms with Crippen LogP contribution in [0, 0.1) is 0 Å². The lowest BCUT2D eigenvalue weighted by molar-refractivity contribution is 0.0875. The van der Waals surface area contributed by atoms with Gasteiger partial charge in [-0.25, -0.2) is 4.79 Å². The van der Waals surface area contributed by atoms with Crippen molar-refractivity contribution in [1.29, 1.82) is 0 Å². The van der Waals surface area contributed by atoms with Crippen LogP contribution in [0.15, 0.2) is 62.4 Å². The summed E-state index contributed by atoms with van der Waals surface area (Å²) in [5.41, 5.74) is 0. The summed E-state index contributed by atoms with van der Waals surface area (Å²) in [6.07, 6.45) is 0.559. The molecule has 0 fully saturated rings. The van der Waals surface area contributed by atoms with Gasteiger partial charge in [-0.3, -0.25) is 0 Å². The van der Waals surface area contributed by atoms with Gasteiger partial charge in [-0.05, 0) is 24.3 Å². The zero-order valence-corrected chi connectivity index (χ0v) is 11.6. The summed E-state index contributed by atoms with van der Waals surface area (Å²) in [5.74, 6) is 0.410. The summed E-state index contributed by atoms with van der Waals surface area (Å²) in [6, 6.07) is 12.4. The predicted molar refractivity (Wildman–Crippen MR) is 76.4 cm³/mol. The Hall–Kier alpha value is -2.80. The van der Waals surface area contributed by atoms with Crippen LogP contribution in [-0.4, -0.2) is 27.6 Å². The molecule has 0 aliphatic carbocycles. The third kappa shape index (κ3) is 3.26. The molecule has 1 N–H and O–H groups in total. The van der Waals surface area contributed by atoms with Crippen molar-refractivity contribution in [3.8, 4) is 17.4 Å². The van der Waals surface area contributed by atoms with Crippen LogP contribution in [0.4, 0.5) is 0 Å². The molecule has 22 heavy (non-hydrogen) atoms. The Morgan fingerprint density at radius 3 is 2.77 bits per heavy atom. The lowest BCUT2D eigenvalue weighted by atomic mass is 10.3. The fourth-order valence-corrected chi connectivity index (χ4v) is 1.88. The van der Waals surface area contributed by atoms with Crippen molar-refractivity contribution < 1.29 is 18.7 Å². The number of hydrogen-bond donors (Lipinski definition) is 1. The van der Waals surface area contributed by atoms with E-state index in [4.69, 9.17) is 13.6 Å². The highest BCUT2D eigenvalue weighted by atomic mass is 16.5. The predicted octanol–water partition coefficient (Wildman–Crippen LogP) is 1.54. The Bertz CT molecular complexity index is 761. The molecule has 3 aromatic rings. The molecular formula is C15H14N2O5. The minimum Gasteiger partial charge on any atom is -0.491 e. The van der Waals surface area contributed by atoms with Crippen LogP contribution in [0.2, 0.25) is 0 Å². The maximum absolute atomic E-state index is 11.7. The second-order valence-corrected chi connectivity index (χ2v) is 4.61.